The minimum absolute atomic E-state index is 0.695. The third kappa shape index (κ3) is 4.52. The van der Waals surface area contributed by atoms with Crippen molar-refractivity contribution in [2.45, 2.75) is 0 Å². The summed E-state index contributed by atoms with van der Waals surface area (Å²) in [4.78, 5) is 14.9. The van der Waals surface area contributed by atoms with Crippen LogP contribution in [-0.4, -0.2) is 24.1 Å². The fraction of sp³-hybridized carbons (Fsp3) is 0. The molecule has 0 atom stereocenters. The van der Waals surface area contributed by atoms with Crippen LogP contribution in [0.5, 0.6) is 0 Å². The second kappa shape index (κ2) is 11.4. The molecule has 10 rings (SSSR count). The zero-order chi connectivity index (χ0) is 33.0. The van der Waals surface area contributed by atoms with Crippen LogP contribution in [0.1, 0.15) is 0 Å². The summed E-state index contributed by atoms with van der Waals surface area (Å²) >= 11 is 0. The monoisotopic (exact) mass is 639 g/mol. The maximum atomic E-state index is 5.27. The van der Waals surface area contributed by atoms with Crippen molar-refractivity contribution in [3.8, 4) is 45.3 Å². The van der Waals surface area contributed by atoms with Crippen molar-refractivity contribution >= 4 is 43.6 Å². The lowest BCUT2D eigenvalue weighted by Crippen LogP contribution is -1.96. The maximum Gasteiger partial charge on any atom is 0.160 e. The predicted molar refractivity (Wildman–Crippen MR) is 205 cm³/mol. The van der Waals surface area contributed by atoms with E-state index in [0.717, 1.165) is 66.8 Å². The molecular formula is C45H29N5. The fourth-order valence-corrected chi connectivity index (χ4v) is 7.29. The van der Waals surface area contributed by atoms with Crippen molar-refractivity contribution in [2.24, 2.45) is 0 Å². The molecule has 4 heterocycles. The summed E-state index contributed by atoms with van der Waals surface area (Å²) in [7, 11) is 0. The van der Waals surface area contributed by atoms with Crippen molar-refractivity contribution in [1.82, 2.24) is 24.1 Å². The van der Waals surface area contributed by atoms with Gasteiger partial charge in [-0.1, -0.05) is 91.0 Å². The molecular weight excluding hydrogens is 611 g/mol. The van der Waals surface area contributed by atoms with E-state index in [2.05, 4.69) is 160 Å². The van der Waals surface area contributed by atoms with Crippen molar-refractivity contribution in [3.63, 3.8) is 0 Å². The van der Waals surface area contributed by atoms with E-state index in [1.807, 2.05) is 30.5 Å². The molecule has 0 bridgehead atoms. The summed E-state index contributed by atoms with van der Waals surface area (Å²) in [6, 6.07) is 57.2. The molecule has 0 N–H and O–H groups in total. The van der Waals surface area contributed by atoms with E-state index < -0.39 is 0 Å². The van der Waals surface area contributed by atoms with Crippen molar-refractivity contribution < 1.29 is 0 Å². The first-order valence-corrected chi connectivity index (χ1v) is 16.8. The average Bonchev–Trinajstić information content (AvgIpc) is 3.77. The van der Waals surface area contributed by atoms with Gasteiger partial charge in [0.1, 0.15) is 0 Å². The maximum absolute atomic E-state index is 5.27. The van der Waals surface area contributed by atoms with Crippen LogP contribution in [0, 0.1) is 0 Å². The van der Waals surface area contributed by atoms with Gasteiger partial charge in [-0.05, 0) is 72.8 Å². The Balaban J connectivity index is 1.21. The van der Waals surface area contributed by atoms with Gasteiger partial charge in [-0.3, -0.25) is 4.98 Å². The third-order valence-electron chi connectivity index (χ3n) is 9.61. The lowest BCUT2D eigenvalue weighted by molar-refractivity contribution is 1.13. The molecule has 10 aromatic rings. The molecule has 0 spiro atoms. The first-order valence-electron chi connectivity index (χ1n) is 16.8. The van der Waals surface area contributed by atoms with Crippen molar-refractivity contribution in [1.29, 1.82) is 0 Å². The lowest BCUT2D eigenvalue weighted by atomic mass is 10.0. The molecule has 0 aliphatic heterocycles. The fourth-order valence-electron chi connectivity index (χ4n) is 7.29. The minimum Gasteiger partial charge on any atom is -0.316 e. The van der Waals surface area contributed by atoms with Crippen LogP contribution in [0.15, 0.2) is 176 Å². The Morgan fingerprint density at radius 2 is 1.18 bits per heavy atom. The van der Waals surface area contributed by atoms with Gasteiger partial charge >= 0.3 is 0 Å². The van der Waals surface area contributed by atoms with Crippen LogP contribution in [0.4, 0.5) is 0 Å². The number of rotatable bonds is 5. The van der Waals surface area contributed by atoms with Gasteiger partial charge in [0.2, 0.25) is 0 Å². The lowest BCUT2D eigenvalue weighted by Gasteiger charge is -2.11. The van der Waals surface area contributed by atoms with E-state index in [4.69, 9.17) is 9.97 Å². The van der Waals surface area contributed by atoms with Gasteiger partial charge in [-0.25, -0.2) is 9.97 Å². The number of hydrogen-bond donors (Lipinski definition) is 0. The average molecular weight is 640 g/mol. The molecule has 0 unspecified atom stereocenters. The van der Waals surface area contributed by atoms with Crippen molar-refractivity contribution in [2.75, 3.05) is 0 Å². The largest absolute Gasteiger partial charge is 0.316 e. The summed E-state index contributed by atoms with van der Waals surface area (Å²) < 4.78 is 4.67. The first-order chi connectivity index (χ1) is 24.8. The Hall–Kier alpha value is -6.85. The number of aromatic nitrogens is 5. The Morgan fingerprint density at radius 1 is 0.480 bits per heavy atom. The van der Waals surface area contributed by atoms with E-state index >= 15 is 0 Å². The number of benzene rings is 6. The number of hydrogen-bond acceptors (Lipinski definition) is 3. The summed E-state index contributed by atoms with van der Waals surface area (Å²) in [5.41, 5.74) is 11.6. The SMILES string of the molecule is c1ccc(-n2ccc3ccc4c(c5cc(-c6nc(-c7ccc(-c8ccccn8)cc7)c7ccccc7n6)ccc5n4-c4ccccc4)c32)cc1. The van der Waals surface area contributed by atoms with Crippen LogP contribution in [0.3, 0.4) is 0 Å². The summed E-state index contributed by atoms with van der Waals surface area (Å²) in [5, 5.41) is 4.56. The molecule has 234 valence electrons. The number of nitrogens with zero attached hydrogens (tertiary/aromatic N) is 5. The first kappa shape index (κ1) is 28.2. The van der Waals surface area contributed by atoms with Crippen LogP contribution < -0.4 is 0 Å². The molecule has 0 aliphatic rings. The van der Waals surface area contributed by atoms with Crippen LogP contribution >= 0.6 is 0 Å². The van der Waals surface area contributed by atoms with Crippen LogP contribution in [0.25, 0.3) is 88.9 Å². The van der Waals surface area contributed by atoms with E-state index in [9.17, 15) is 0 Å². The molecule has 5 heteroatoms. The topological polar surface area (TPSA) is 48.5 Å². The predicted octanol–water partition coefficient (Wildman–Crippen LogP) is 11.1. The highest BCUT2D eigenvalue weighted by molar-refractivity contribution is 6.21. The minimum atomic E-state index is 0.695. The smallest absolute Gasteiger partial charge is 0.160 e. The van der Waals surface area contributed by atoms with Gasteiger partial charge in [0, 0.05) is 62.0 Å². The highest BCUT2D eigenvalue weighted by Crippen LogP contribution is 2.40. The van der Waals surface area contributed by atoms with Crippen LogP contribution in [0.2, 0.25) is 0 Å². The Morgan fingerprint density at radius 3 is 1.98 bits per heavy atom. The molecule has 4 aromatic heterocycles. The molecule has 0 saturated carbocycles. The van der Waals surface area contributed by atoms with E-state index in [-0.39, 0.29) is 0 Å². The standard InChI is InChI=1S/C45H29N5/c1-3-11-34(12-4-1)49-28-26-32-22-25-41-42(44(32)49)37-29-33(23-24-40(37)50(41)35-13-5-2-6-14-35)45-47-39-17-8-7-15-36(39)43(48-45)31-20-18-30(19-21-31)38-16-9-10-27-46-38/h1-29H. The van der Waals surface area contributed by atoms with Gasteiger partial charge in [0.25, 0.3) is 0 Å². The molecule has 0 radical (unpaired) electrons. The molecule has 50 heavy (non-hydrogen) atoms. The van der Waals surface area contributed by atoms with Gasteiger partial charge < -0.3 is 9.13 Å². The highest BCUT2D eigenvalue weighted by Gasteiger charge is 2.20. The van der Waals surface area contributed by atoms with Crippen LogP contribution in [-0.2, 0) is 0 Å². The van der Waals surface area contributed by atoms with Gasteiger partial charge in [0.05, 0.1) is 33.5 Å². The van der Waals surface area contributed by atoms with Gasteiger partial charge in [-0.15, -0.1) is 0 Å². The second-order valence-corrected chi connectivity index (χ2v) is 12.5. The summed E-state index contributed by atoms with van der Waals surface area (Å²) in [5.74, 6) is 0.695. The number of fused-ring (bicyclic) bond motifs is 6. The summed E-state index contributed by atoms with van der Waals surface area (Å²) in [6.45, 7) is 0. The number of pyridine rings is 1. The number of para-hydroxylation sites is 3. The molecule has 0 fully saturated rings. The van der Waals surface area contributed by atoms with Crippen molar-refractivity contribution in [3.05, 3.63) is 176 Å². The van der Waals surface area contributed by atoms with E-state index in [0.29, 0.717) is 5.82 Å². The highest BCUT2D eigenvalue weighted by atomic mass is 15.0. The second-order valence-electron chi connectivity index (χ2n) is 12.5. The van der Waals surface area contributed by atoms with Gasteiger partial charge in [-0.2, -0.15) is 0 Å². The van der Waals surface area contributed by atoms with E-state index in [1.54, 1.807) is 0 Å². The molecule has 0 aliphatic carbocycles. The Labute approximate surface area is 288 Å². The normalized spacial score (nSPS) is 11.6. The Kier molecular flexibility index (Phi) is 6.42. The quantitative estimate of drug-likeness (QED) is 0.188. The summed E-state index contributed by atoms with van der Waals surface area (Å²) in [6.07, 6.45) is 4.00. The third-order valence-corrected chi connectivity index (χ3v) is 9.61. The zero-order valence-electron chi connectivity index (χ0n) is 27.0. The molecule has 5 nitrogen and oxygen atoms in total. The van der Waals surface area contributed by atoms with E-state index in [1.165, 1.54) is 16.3 Å². The van der Waals surface area contributed by atoms with Gasteiger partial charge in [0.15, 0.2) is 5.82 Å². The molecule has 6 aromatic carbocycles. The Bertz CT molecular complexity index is 2840. The molecule has 0 saturated heterocycles. The zero-order valence-corrected chi connectivity index (χ0v) is 27.0. The molecule has 0 amide bonds.